The lowest BCUT2D eigenvalue weighted by Crippen LogP contribution is -2.33. The normalized spacial score (nSPS) is 10.7. The number of Topliss-reactive ketones (excluding diaryl/α,β-unsaturated/α-hetero) is 2. The van der Waals surface area contributed by atoms with Gasteiger partial charge in [-0.25, -0.2) is 0 Å². The van der Waals surface area contributed by atoms with Gasteiger partial charge in [0.15, 0.2) is 5.78 Å². The summed E-state index contributed by atoms with van der Waals surface area (Å²) in [5.74, 6) is 0.460. The first kappa shape index (κ1) is 21.1. The van der Waals surface area contributed by atoms with Gasteiger partial charge in [0.25, 0.3) is 0 Å². The Bertz CT molecular complexity index is 750. The van der Waals surface area contributed by atoms with Crippen LogP contribution in [0.5, 0.6) is 0 Å². The molecule has 0 aliphatic heterocycles. The van der Waals surface area contributed by atoms with Crippen molar-refractivity contribution >= 4 is 28.8 Å². The van der Waals surface area contributed by atoms with Crippen molar-refractivity contribution in [3.63, 3.8) is 0 Å². The molecular formula is C20H25NO5S. The number of carbonyl (C=O) groups excluding carboxylic acids is 3. The van der Waals surface area contributed by atoms with E-state index in [1.165, 1.54) is 11.3 Å². The van der Waals surface area contributed by atoms with E-state index in [-0.39, 0.29) is 43.2 Å². The van der Waals surface area contributed by atoms with E-state index in [2.05, 4.69) is 0 Å². The predicted octanol–water partition coefficient (Wildman–Crippen LogP) is 3.64. The number of ketones is 2. The maximum Gasteiger partial charge on any atom is 0.223 e. The molecule has 2 aromatic rings. The van der Waals surface area contributed by atoms with Gasteiger partial charge < -0.3 is 14.1 Å². The number of rotatable bonds is 12. The minimum absolute atomic E-state index is 0.0210. The molecule has 2 aromatic heterocycles. The van der Waals surface area contributed by atoms with Crippen molar-refractivity contribution in [3.8, 4) is 0 Å². The highest BCUT2D eigenvalue weighted by Gasteiger charge is 2.17. The lowest BCUT2D eigenvalue weighted by Gasteiger charge is -2.21. The molecule has 0 bridgehead atoms. The Kier molecular flexibility index (Phi) is 8.42. The second-order valence-electron chi connectivity index (χ2n) is 6.26. The molecular weight excluding hydrogens is 366 g/mol. The molecule has 0 atom stereocenters. The molecule has 146 valence electrons. The van der Waals surface area contributed by atoms with Crippen LogP contribution in [0.15, 0.2) is 34.9 Å². The van der Waals surface area contributed by atoms with Gasteiger partial charge in [0.1, 0.15) is 11.5 Å². The van der Waals surface area contributed by atoms with Gasteiger partial charge in [-0.2, -0.15) is 0 Å². The Balaban J connectivity index is 1.77. The second kappa shape index (κ2) is 10.8. The van der Waals surface area contributed by atoms with Crippen LogP contribution >= 0.6 is 11.3 Å². The van der Waals surface area contributed by atoms with Crippen molar-refractivity contribution < 1.29 is 23.5 Å². The summed E-state index contributed by atoms with van der Waals surface area (Å²) < 4.78 is 10.3. The maximum atomic E-state index is 12.5. The highest BCUT2D eigenvalue weighted by molar-refractivity contribution is 7.14. The number of methoxy groups -OCH3 is 1. The molecule has 7 heteroatoms. The first-order chi connectivity index (χ1) is 13.0. The fourth-order valence-electron chi connectivity index (χ4n) is 2.57. The van der Waals surface area contributed by atoms with Crippen molar-refractivity contribution in [1.82, 2.24) is 4.90 Å². The van der Waals surface area contributed by atoms with Crippen LogP contribution in [0.1, 0.15) is 46.0 Å². The molecule has 0 saturated heterocycles. The summed E-state index contributed by atoms with van der Waals surface area (Å²) >= 11 is 1.44. The van der Waals surface area contributed by atoms with Crippen molar-refractivity contribution in [2.75, 3.05) is 20.3 Å². The lowest BCUT2D eigenvalue weighted by molar-refractivity contribution is -0.134. The third kappa shape index (κ3) is 7.11. The van der Waals surface area contributed by atoms with Gasteiger partial charge in [-0.15, -0.1) is 11.3 Å². The van der Waals surface area contributed by atoms with Crippen LogP contribution in [-0.4, -0.2) is 42.6 Å². The van der Waals surface area contributed by atoms with Gasteiger partial charge in [0, 0.05) is 44.2 Å². The summed E-state index contributed by atoms with van der Waals surface area (Å²) in [6.45, 7) is 3.13. The number of thiophene rings is 1. The van der Waals surface area contributed by atoms with Crippen LogP contribution in [0, 0.1) is 6.92 Å². The van der Waals surface area contributed by atoms with Gasteiger partial charge in [-0.1, -0.05) is 0 Å². The minimum Gasteiger partial charge on any atom is -0.467 e. The summed E-state index contributed by atoms with van der Waals surface area (Å²) in [6.07, 6.45) is 2.17. The van der Waals surface area contributed by atoms with E-state index >= 15 is 0 Å². The Hall–Kier alpha value is -2.25. The number of nitrogens with zero attached hydrogens (tertiary/aromatic N) is 1. The average Bonchev–Trinajstić information content (AvgIpc) is 3.32. The topological polar surface area (TPSA) is 76.8 Å². The number of furan rings is 1. The standard InChI is InChI=1S/C20H25NO5S/c1-15-5-9-19(27-15)18(23)8-6-16(22)7-10-20(24)21(11-13-25-2)14-17-4-3-12-26-17/h3-5,9,12H,6-8,10-11,13-14H2,1-2H3. The summed E-state index contributed by atoms with van der Waals surface area (Å²) in [4.78, 5) is 40.0. The van der Waals surface area contributed by atoms with Gasteiger partial charge in [-0.05, 0) is 31.2 Å². The van der Waals surface area contributed by atoms with Gasteiger partial charge in [0.05, 0.1) is 24.3 Å². The third-order valence-corrected chi connectivity index (χ3v) is 5.15. The van der Waals surface area contributed by atoms with Crippen molar-refractivity contribution in [3.05, 3.63) is 46.0 Å². The molecule has 1 amide bonds. The van der Waals surface area contributed by atoms with Crippen molar-refractivity contribution in [2.24, 2.45) is 0 Å². The fourth-order valence-corrected chi connectivity index (χ4v) is 3.41. The number of hydrogen-bond donors (Lipinski definition) is 0. The zero-order valence-electron chi connectivity index (χ0n) is 15.7. The fraction of sp³-hybridized carbons (Fsp3) is 0.450. The van der Waals surface area contributed by atoms with E-state index in [4.69, 9.17) is 9.15 Å². The molecule has 2 heterocycles. The molecule has 0 unspecified atom stereocenters. The van der Waals surface area contributed by atoms with E-state index in [0.29, 0.717) is 30.3 Å². The average molecular weight is 391 g/mol. The van der Waals surface area contributed by atoms with Crippen molar-refractivity contribution in [2.45, 2.75) is 39.2 Å². The van der Waals surface area contributed by atoms with Crippen LogP contribution < -0.4 is 0 Å². The lowest BCUT2D eigenvalue weighted by atomic mass is 10.1. The molecule has 0 aromatic carbocycles. The van der Waals surface area contributed by atoms with Crippen LogP contribution in [0.3, 0.4) is 0 Å². The monoisotopic (exact) mass is 391 g/mol. The molecule has 0 saturated carbocycles. The first-order valence-corrected chi connectivity index (χ1v) is 9.71. The Morgan fingerprint density at radius 1 is 1.11 bits per heavy atom. The Morgan fingerprint density at radius 2 is 1.89 bits per heavy atom. The summed E-state index contributed by atoms with van der Waals surface area (Å²) in [7, 11) is 1.57. The Labute approximate surface area is 163 Å². The van der Waals surface area contributed by atoms with Gasteiger partial charge in [0.2, 0.25) is 5.91 Å². The second-order valence-corrected chi connectivity index (χ2v) is 7.55. The quantitative estimate of drug-likeness (QED) is 0.516. The number of amides is 1. The highest BCUT2D eigenvalue weighted by Crippen LogP contribution is 2.18. The molecule has 6 nitrogen and oxygen atoms in total. The molecule has 0 aliphatic carbocycles. The molecule has 0 spiro atoms. The van der Waals surface area contributed by atoms with E-state index < -0.39 is 0 Å². The SMILES string of the molecule is COCCN(Cc1ccco1)C(=O)CCC(=O)CCC(=O)c1ccc(C)s1. The summed E-state index contributed by atoms with van der Waals surface area (Å²) in [6, 6.07) is 7.25. The van der Waals surface area contributed by atoms with E-state index in [0.717, 1.165) is 4.88 Å². The van der Waals surface area contributed by atoms with Gasteiger partial charge in [-0.3, -0.25) is 14.4 Å². The summed E-state index contributed by atoms with van der Waals surface area (Å²) in [5.41, 5.74) is 0. The maximum absolute atomic E-state index is 12.5. The molecule has 0 aliphatic rings. The summed E-state index contributed by atoms with van der Waals surface area (Å²) in [5, 5.41) is 0. The van der Waals surface area contributed by atoms with Gasteiger partial charge >= 0.3 is 0 Å². The van der Waals surface area contributed by atoms with Crippen molar-refractivity contribution in [1.29, 1.82) is 0 Å². The zero-order valence-corrected chi connectivity index (χ0v) is 16.5. The number of ether oxygens (including phenoxy) is 1. The largest absolute Gasteiger partial charge is 0.467 e. The molecule has 2 rings (SSSR count). The number of carbonyl (C=O) groups is 3. The first-order valence-electron chi connectivity index (χ1n) is 8.90. The van der Waals surface area contributed by atoms with Crippen LogP contribution in [0.25, 0.3) is 0 Å². The minimum atomic E-state index is -0.128. The molecule has 27 heavy (non-hydrogen) atoms. The number of aryl methyl sites for hydroxylation is 1. The van der Waals surface area contributed by atoms with E-state index in [9.17, 15) is 14.4 Å². The van der Waals surface area contributed by atoms with Crippen LogP contribution in [0.2, 0.25) is 0 Å². The number of hydrogen-bond acceptors (Lipinski definition) is 6. The third-order valence-electron chi connectivity index (χ3n) is 4.11. The Morgan fingerprint density at radius 3 is 2.52 bits per heavy atom. The molecule has 0 fully saturated rings. The van der Waals surface area contributed by atoms with Crippen LogP contribution in [-0.2, 0) is 20.9 Å². The molecule has 0 radical (unpaired) electrons. The van der Waals surface area contributed by atoms with E-state index in [1.807, 2.05) is 13.0 Å². The van der Waals surface area contributed by atoms with Crippen LogP contribution in [0.4, 0.5) is 0 Å². The smallest absolute Gasteiger partial charge is 0.223 e. The highest BCUT2D eigenvalue weighted by atomic mass is 32.1. The predicted molar refractivity (Wildman–Crippen MR) is 103 cm³/mol. The zero-order chi connectivity index (χ0) is 19.6. The van der Waals surface area contributed by atoms with E-state index in [1.54, 1.807) is 36.5 Å². The molecule has 0 N–H and O–H groups in total.